The first kappa shape index (κ1) is 7.87. The number of carboxylic acid groups (broad SMARTS) is 1. The van der Waals surface area contributed by atoms with Crippen molar-refractivity contribution >= 4 is 17.3 Å². The molecule has 2 heterocycles. The summed E-state index contributed by atoms with van der Waals surface area (Å²) in [6.45, 7) is 0. The van der Waals surface area contributed by atoms with Crippen LogP contribution < -0.4 is 0 Å². The van der Waals surface area contributed by atoms with Crippen LogP contribution in [-0.2, 0) is 0 Å². The van der Waals surface area contributed by atoms with Crippen molar-refractivity contribution in [2.45, 2.75) is 0 Å². The largest absolute Gasteiger partial charge is 0.476 e. The summed E-state index contributed by atoms with van der Waals surface area (Å²) in [5.41, 5.74) is 1.07. The van der Waals surface area contributed by atoms with Gasteiger partial charge in [0, 0.05) is 5.38 Å². The molecule has 2 rings (SSSR count). The number of hydrogen-bond acceptors (Lipinski definition) is 5. The first-order valence-corrected chi connectivity index (χ1v) is 4.20. The average Bonchev–Trinajstić information content (AvgIpc) is 2.75. The number of rotatable bonds is 2. The van der Waals surface area contributed by atoms with E-state index in [1.807, 2.05) is 0 Å². The number of aromatic carboxylic acids is 1. The van der Waals surface area contributed by atoms with E-state index in [0.717, 1.165) is 11.3 Å². The number of nitrogens with one attached hydrogen (secondary N) is 1. The van der Waals surface area contributed by atoms with E-state index in [2.05, 4.69) is 20.4 Å². The van der Waals surface area contributed by atoms with Gasteiger partial charge in [0.05, 0.1) is 6.20 Å². The maximum absolute atomic E-state index is 10.5. The summed E-state index contributed by atoms with van der Waals surface area (Å²) in [7, 11) is 0. The summed E-state index contributed by atoms with van der Waals surface area (Å²) < 4.78 is 0. The van der Waals surface area contributed by atoms with Crippen molar-refractivity contribution in [1.29, 1.82) is 0 Å². The predicted molar refractivity (Wildman–Crippen MR) is 44.5 cm³/mol. The lowest BCUT2D eigenvalue weighted by Crippen LogP contribution is -1.94. The molecule has 0 aliphatic carbocycles. The van der Waals surface area contributed by atoms with Gasteiger partial charge in [0.1, 0.15) is 11.4 Å². The van der Waals surface area contributed by atoms with Crippen molar-refractivity contribution in [3.05, 3.63) is 16.6 Å². The molecule has 7 heteroatoms. The summed E-state index contributed by atoms with van der Waals surface area (Å²) >= 11 is 1.06. The van der Waals surface area contributed by atoms with Crippen LogP contribution in [0, 0.1) is 0 Å². The van der Waals surface area contributed by atoms with E-state index < -0.39 is 5.97 Å². The number of aromatic nitrogens is 4. The molecule has 0 bridgehead atoms. The molecule has 0 spiro atoms. The van der Waals surface area contributed by atoms with Gasteiger partial charge < -0.3 is 5.11 Å². The SMILES string of the molecule is O=C(O)c1nc(-c2cn[nH]n2)cs1. The quantitative estimate of drug-likeness (QED) is 0.734. The van der Waals surface area contributed by atoms with Crippen LogP contribution in [-0.4, -0.2) is 31.5 Å². The van der Waals surface area contributed by atoms with Gasteiger partial charge in [-0.2, -0.15) is 15.4 Å². The van der Waals surface area contributed by atoms with E-state index >= 15 is 0 Å². The van der Waals surface area contributed by atoms with Crippen LogP contribution in [0.2, 0.25) is 0 Å². The number of nitrogens with zero attached hydrogens (tertiary/aromatic N) is 3. The second kappa shape index (κ2) is 2.94. The monoisotopic (exact) mass is 196 g/mol. The molecule has 66 valence electrons. The van der Waals surface area contributed by atoms with Crippen LogP contribution in [0.15, 0.2) is 11.6 Å². The smallest absolute Gasteiger partial charge is 0.365 e. The van der Waals surface area contributed by atoms with Crippen molar-refractivity contribution in [2.75, 3.05) is 0 Å². The van der Waals surface area contributed by atoms with Gasteiger partial charge in [-0.3, -0.25) is 0 Å². The molecular weight excluding hydrogens is 192 g/mol. The molecule has 2 aromatic heterocycles. The Morgan fingerprint density at radius 1 is 1.54 bits per heavy atom. The molecule has 6 nitrogen and oxygen atoms in total. The summed E-state index contributed by atoms with van der Waals surface area (Å²) in [5.74, 6) is -1.03. The van der Waals surface area contributed by atoms with Crippen molar-refractivity contribution in [3.63, 3.8) is 0 Å². The van der Waals surface area contributed by atoms with Crippen LogP contribution in [0.3, 0.4) is 0 Å². The van der Waals surface area contributed by atoms with Crippen molar-refractivity contribution < 1.29 is 9.90 Å². The van der Waals surface area contributed by atoms with Gasteiger partial charge in [-0.05, 0) is 0 Å². The zero-order chi connectivity index (χ0) is 9.26. The van der Waals surface area contributed by atoms with E-state index in [4.69, 9.17) is 5.11 Å². The second-order valence-corrected chi connectivity index (χ2v) is 3.06. The third-order valence-electron chi connectivity index (χ3n) is 1.36. The highest BCUT2D eigenvalue weighted by molar-refractivity contribution is 7.11. The Hall–Kier alpha value is -1.76. The van der Waals surface area contributed by atoms with E-state index in [1.165, 1.54) is 6.20 Å². The zero-order valence-electron chi connectivity index (χ0n) is 6.26. The topological polar surface area (TPSA) is 91.8 Å². The van der Waals surface area contributed by atoms with Gasteiger partial charge in [0.2, 0.25) is 5.01 Å². The first-order chi connectivity index (χ1) is 6.27. The molecule has 0 aliphatic rings. The Labute approximate surface area is 76.3 Å². The molecule has 0 saturated heterocycles. The lowest BCUT2D eigenvalue weighted by Gasteiger charge is -1.83. The lowest BCUT2D eigenvalue weighted by atomic mass is 10.4. The fourth-order valence-electron chi connectivity index (χ4n) is 0.815. The minimum atomic E-state index is -1.03. The standard InChI is InChI=1S/C6H4N4O2S/c11-6(12)5-8-4(2-13-5)3-1-7-10-9-3/h1-2H,(H,11,12)(H,7,9,10). The first-order valence-electron chi connectivity index (χ1n) is 3.32. The number of aromatic amines is 1. The van der Waals surface area contributed by atoms with Gasteiger partial charge in [-0.1, -0.05) is 0 Å². The third kappa shape index (κ3) is 1.41. The average molecular weight is 196 g/mol. The molecule has 13 heavy (non-hydrogen) atoms. The molecular formula is C6H4N4O2S. The molecule has 0 radical (unpaired) electrons. The number of carboxylic acids is 1. The van der Waals surface area contributed by atoms with Gasteiger partial charge in [0.15, 0.2) is 0 Å². The van der Waals surface area contributed by atoms with E-state index in [0.29, 0.717) is 11.4 Å². The minimum Gasteiger partial charge on any atom is -0.476 e. The molecule has 2 N–H and O–H groups in total. The van der Waals surface area contributed by atoms with E-state index in [-0.39, 0.29) is 5.01 Å². The normalized spacial score (nSPS) is 10.2. The van der Waals surface area contributed by atoms with Crippen LogP contribution in [0.1, 0.15) is 9.80 Å². The Bertz CT molecular complexity index is 422. The van der Waals surface area contributed by atoms with Crippen molar-refractivity contribution in [2.24, 2.45) is 0 Å². The lowest BCUT2D eigenvalue weighted by molar-refractivity contribution is 0.0696. The zero-order valence-corrected chi connectivity index (χ0v) is 7.08. The Morgan fingerprint density at radius 2 is 2.38 bits per heavy atom. The molecule has 0 atom stereocenters. The van der Waals surface area contributed by atoms with Crippen LogP contribution in [0.4, 0.5) is 0 Å². The van der Waals surface area contributed by atoms with Gasteiger partial charge >= 0.3 is 5.97 Å². The fourth-order valence-corrected chi connectivity index (χ4v) is 1.46. The summed E-state index contributed by atoms with van der Waals surface area (Å²) in [6.07, 6.45) is 1.49. The molecule has 0 aliphatic heterocycles. The number of H-pyrrole nitrogens is 1. The second-order valence-electron chi connectivity index (χ2n) is 2.20. The molecule has 0 amide bonds. The summed E-state index contributed by atoms with van der Waals surface area (Å²) in [5, 5.41) is 20.1. The maximum atomic E-state index is 10.5. The molecule has 0 unspecified atom stereocenters. The van der Waals surface area contributed by atoms with Crippen LogP contribution in [0.25, 0.3) is 11.4 Å². The maximum Gasteiger partial charge on any atom is 0.365 e. The van der Waals surface area contributed by atoms with Crippen molar-refractivity contribution in [1.82, 2.24) is 20.4 Å². The Kier molecular flexibility index (Phi) is 1.78. The van der Waals surface area contributed by atoms with Crippen molar-refractivity contribution in [3.8, 4) is 11.4 Å². The van der Waals surface area contributed by atoms with Crippen LogP contribution >= 0.6 is 11.3 Å². The Morgan fingerprint density at radius 3 is 2.92 bits per heavy atom. The van der Waals surface area contributed by atoms with Gasteiger partial charge in [-0.25, -0.2) is 9.78 Å². The predicted octanol–water partition coefficient (Wildman–Crippen LogP) is 0.626. The highest BCUT2D eigenvalue weighted by atomic mass is 32.1. The summed E-state index contributed by atoms with van der Waals surface area (Å²) in [6, 6.07) is 0. The van der Waals surface area contributed by atoms with Crippen LogP contribution in [0.5, 0.6) is 0 Å². The highest BCUT2D eigenvalue weighted by Crippen LogP contribution is 2.18. The van der Waals surface area contributed by atoms with Gasteiger partial charge in [0.25, 0.3) is 0 Å². The van der Waals surface area contributed by atoms with E-state index in [9.17, 15) is 4.79 Å². The molecule has 2 aromatic rings. The van der Waals surface area contributed by atoms with Gasteiger partial charge in [-0.15, -0.1) is 11.3 Å². The summed E-state index contributed by atoms with van der Waals surface area (Å²) in [4.78, 5) is 14.3. The molecule has 0 aromatic carbocycles. The number of carbonyl (C=O) groups is 1. The Balaban J connectivity index is 2.39. The minimum absolute atomic E-state index is 0.0537. The fraction of sp³-hybridized carbons (Fsp3) is 0. The third-order valence-corrected chi connectivity index (χ3v) is 2.19. The molecule has 0 fully saturated rings. The number of hydrogen-bond donors (Lipinski definition) is 2. The number of thiazole rings is 1. The molecule has 0 saturated carbocycles. The van der Waals surface area contributed by atoms with E-state index in [1.54, 1.807) is 5.38 Å². The highest BCUT2D eigenvalue weighted by Gasteiger charge is 2.11.